The molecule has 0 bridgehead atoms. The SMILES string of the molecule is OCCN1CC=CCC1COc1ccccc1. The van der Waals surface area contributed by atoms with Crippen LogP contribution in [-0.4, -0.2) is 42.4 Å². The smallest absolute Gasteiger partial charge is 0.119 e. The molecule has 0 aliphatic carbocycles. The number of aliphatic hydroxyl groups is 1. The van der Waals surface area contributed by atoms with E-state index in [0.717, 1.165) is 18.7 Å². The topological polar surface area (TPSA) is 32.7 Å². The van der Waals surface area contributed by atoms with Gasteiger partial charge >= 0.3 is 0 Å². The quantitative estimate of drug-likeness (QED) is 0.786. The van der Waals surface area contributed by atoms with Gasteiger partial charge in [0.15, 0.2) is 0 Å². The Morgan fingerprint density at radius 2 is 2.06 bits per heavy atom. The number of β-amino-alcohol motifs (C(OH)–C–C–N with tert-alkyl or cyclic N) is 1. The number of hydrogen-bond donors (Lipinski definition) is 1. The molecule has 0 aromatic heterocycles. The van der Waals surface area contributed by atoms with E-state index in [1.54, 1.807) is 0 Å². The summed E-state index contributed by atoms with van der Waals surface area (Å²) in [4.78, 5) is 2.25. The largest absolute Gasteiger partial charge is 0.492 e. The van der Waals surface area contributed by atoms with Crippen molar-refractivity contribution in [2.24, 2.45) is 0 Å². The molecular weight excluding hydrogens is 214 g/mol. The van der Waals surface area contributed by atoms with E-state index in [-0.39, 0.29) is 6.61 Å². The molecule has 3 heteroatoms. The molecule has 92 valence electrons. The molecule has 17 heavy (non-hydrogen) atoms. The first-order chi connectivity index (χ1) is 8.40. The fourth-order valence-electron chi connectivity index (χ4n) is 2.05. The second kappa shape index (κ2) is 6.42. The maximum Gasteiger partial charge on any atom is 0.119 e. The molecule has 0 saturated heterocycles. The van der Waals surface area contributed by atoms with Crippen LogP contribution in [0.2, 0.25) is 0 Å². The molecule has 0 amide bonds. The molecule has 1 unspecified atom stereocenters. The zero-order valence-electron chi connectivity index (χ0n) is 9.96. The van der Waals surface area contributed by atoms with Crippen LogP contribution in [0, 0.1) is 0 Å². The molecule has 0 radical (unpaired) electrons. The number of ether oxygens (including phenoxy) is 1. The maximum atomic E-state index is 9.01. The van der Waals surface area contributed by atoms with Crippen LogP contribution in [-0.2, 0) is 0 Å². The van der Waals surface area contributed by atoms with Crippen LogP contribution in [0.3, 0.4) is 0 Å². The Kier molecular flexibility index (Phi) is 4.59. The zero-order valence-corrected chi connectivity index (χ0v) is 9.96. The van der Waals surface area contributed by atoms with Crippen LogP contribution >= 0.6 is 0 Å². The maximum absolute atomic E-state index is 9.01. The van der Waals surface area contributed by atoms with Gasteiger partial charge in [-0.15, -0.1) is 0 Å². The van der Waals surface area contributed by atoms with Gasteiger partial charge in [0.25, 0.3) is 0 Å². The average Bonchev–Trinajstić information content (AvgIpc) is 2.39. The number of rotatable bonds is 5. The molecule has 2 rings (SSSR count). The lowest BCUT2D eigenvalue weighted by atomic mass is 10.1. The lowest BCUT2D eigenvalue weighted by Crippen LogP contribution is -2.42. The second-order valence-corrected chi connectivity index (χ2v) is 4.20. The van der Waals surface area contributed by atoms with Gasteiger partial charge in [0.05, 0.1) is 6.61 Å². The molecular formula is C14H19NO2. The van der Waals surface area contributed by atoms with Crippen LogP contribution in [0.1, 0.15) is 6.42 Å². The van der Waals surface area contributed by atoms with Crippen LogP contribution in [0.25, 0.3) is 0 Å². The number of para-hydroxylation sites is 1. The van der Waals surface area contributed by atoms with E-state index in [9.17, 15) is 0 Å². The van der Waals surface area contributed by atoms with Gasteiger partial charge in [-0.05, 0) is 18.6 Å². The van der Waals surface area contributed by atoms with Crippen molar-refractivity contribution in [1.29, 1.82) is 0 Å². The fourth-order valence-corrected chi connectivity index (χ4v) is 2.05. The van der Waals surface area contributed by atoms with Gasteiger partial charge in [0.2, 0.25) is 0 Å². The van der Waals surface area contributed by atoms with E-state index in [1.807, 2.05) is 30.3 Å². The summed E-state index contributed by atoms with van der Waals surface area (Å²) < 4.78 is 5.76. The van der Waals surface area contributed by atoms with Crippen molar-refractivity contribution in [2.45, 2.75) is 12.5 Å². The molecule has 1 heterocycles. The van der Waals surface area contributed by atoms with Gasteiger partial charge in [-0.1, -0.05) is 30.4 Å². The van der Waals surface area contributed by atoms with Crippen molar-refractivity contribution in [1.82, 2.24) is 4.90 Å². The third-order valence-electron chi connectivity index (χ3n) is 3.00. The Morgan fingerprint density at radius 3 is 2.82 bits per heavy atom. The molecule has 0 saturated carbocycles. The van der Waals surface area contributed by atoms with E-state index in [2.05, 4.69) is 17.1 Å². The van der Waals surface area contributed by atoms with Crippen molar-refractivity contribution in [3.63, 3.8) is 0 Å². The Hall–Kier alpha value is -1.32. The summed E-state index contributed by atoms with van der Waals surface area (Å²) in [5.41, 5.74) is 0. The van der Waals surface area contributed by atoms with Gasteiger partial charge in [0.1, 0.15) is 12.4 Å². The highest BCUT2D eigenvalue weighted by atomic mass is 16.5. The van der Waals surface area contributed by atoms with E-state index in [1.165, 1.54) is 0 Å². The Morgan fingerprint density at radius 1 is 1.24 bits per heavy atom. The highest BCUT2D eigenvalue weighted by molar-refractivity contribution is 5.21. The van der Waals surface area contributed by atoms with Crippen molar-refractivity contribution < 1.29 is 9.84 Å². The average molecular weight is 233 g/mol. The number of hydrogen-bond acceptors (Lipinski definition) is 3. The van der Waals surface area contributed by atoms with Crippen molar-refractivity contribution >= 4 is 0 Å². The molecule has 1 aliphatic rings. The molecule has 1 atom stereocenters. The number of nitrogens with zero attached hydrogens (tertiary/aromatic N) is 1. The molecule has 0 fully saturated rings. The summed E-state index contributed by atoms with van der Waals surface area (Å²) in [7, 11) is 0. The molecule has 0 spiro atoms. The monoisotopic (exact) mass is 233 g/mol. The van der Waals surface area contributed by atoms with Crippen molar-refractivity contribution in [2.75, 3.05) is 26.3 Å². The summed E-state index contributed by atoms with van der Waals surface area (Å²) in [5.74, 6) is 0.908. The summed E-state index contributed by atoms with van der Waals surface area (Å²) in [5, 5.41) is 9.01. The van der Waals surface area contributed by atoms with E-state index in [4.69, 9.17) is 9.84 Å². The predicted octanol–water partition coefficient (Wildman–Crippen LogP) is 1.69. The fraction of sp³-hybridized carbons (Fsp3) is 0.429. The first-order valence-electron chi connectivity index (χ1n) is 6.08. The van der Waals surface area contributed by atoms with Gasteiger partial charge in [0, 0.05) is 19.1 Å². The Labute approximate surface area is 102 Å². The number of benzene rings is 1. The third kappa shape index (κ3) is 3.58. The minimum atomic E-state index is 0.204. The highest BCUT2D eigenvalue weighted by Crippen LogP contribution is 2.14. The molecule has 3 nitrogen and oxygen atoms in total. The zero-order chi connectivity index (χ0) is 11.9. The lowest BCUT2D eigenvalue weighted by Gasteiger charge is -2.32. The third-order valence-corrected chi connectivity index (χ3v) is 3.00. The predicted molar refractivity (Wildman–Crippen MR) is 68.1 cm³/mol. The van der Waals surface area contributed by atoms with Crippen LogP contribution in [0.5, 0.6) is 5.75 Å². The minimum Gasteiger partial charge on any atom is -0.492 e. The molecule has 1 N–H and O–H groups in total. The molecule has 1 aliphatic heterocycles. The highest BCUT2D eigenvalue weighted by Gasteiger charge is 2.19. The van der Waals surface area contributed by atoms with Gasteiger partial charge < -0.3 is 9.84 Å². The van der Waals surface area contributed by atoms with Gasteiger partial charge in [-0.3, -0.25) is 4.90 Å². The van der Waals surface area contributed by atoms with Crippen LogP contribution in [0.15, 0.2) is 42.5 Å². The molecule has 1 aromatic rings. The van der Waals surface area contributed by atoms with E-state index < -0.39 is 0 Å². The molecule has 1 aromatic carbocycles. The first kappa shape index (κ1) is 12.1. The first-order valence-corrected chi connectivity index (χ1v) is 6.08. The van der Waals surface area contributed by atoms with Crippen LogP contribution < -0.4 is 4.74 Å². The number of aliphatic hydroxyl groups excluding tert-OH is 1. The standard InChI is InChI=1S/C14H19NO2/c16-11-10-15-9-5-4-6-13(15)12-17-14-7-2-1-3-8-14/h1-5,7-8,13,16H,6,9-12H2. The van der Waals surface area contributed by atoms with Gasteiger partial charge in [-0.25, -0.2) is 0 Å². The second-order valence-electron chi connectivity index (χ2n) is 4.20. The van der Waals surface area contributed by atoms with E-state index >= 15 is 0 Å². The Balaban J connectivity index is 1.86. The Bertz CT molecular complexity index is 350. The normalized spacial score (nSPS) is 20.4. The minimum absolute atomic E-state index is 0.204. The summed E-state index contributed by atoms with van der Waals surface area (Å²) in [6.45, 7) is 2.50. The van der Waals surface area contributed by atoms with Gasteiger partial charge in [-0.2, -0.15) is 0 Å². The summed E-state index contributed by atoms with van der Waals surface area (Å²) in [6, 6.07) is 10.2. The lowest BCUT2D eigenvalue weighted by molar-refractivity contribution is 0.117. The van der Waals surface area contributed by atoms with E-state index in [0.29, 0.717) is 19.2 Å². The summed E-state index contributed by atoms with van der Waals surface area (Å²) in [6.07, 6.45) is 5.33. The van der Waals surface area contributed by atoms with Crippen molar-refractivity contribution in [3.8, 4) is 5.75 Å². The van der Waals surface area contributed by atoms with Crippen molar-refractivity contribution in [3.05, 3.63) is 42.5 Å². The summed E-state index contributed by atoms with van der Waals surface area (Å²) >= 11 is 0. The van der Waals surface area contributed by atoms with Crippen LogP contribution in [0.4, 0.5) is 0 Å².